The predicted octanol–water partition coefficient (Wildman–Crippen LogP) is 3.67. The maximum Gasteiger partial charge on any atom is 0.236 e. The van der Waals surface area contributed by atoms with Crippen LogP contribution in [0.5, 0.6) is 5.75 Å². The Balaban J connectivity index is 1.53. The average Bonchev–Trinajstić information content (AvgIpc) is 2.78. The highest BCUT2D eigenvalue weighted by atomic mass is 32.2. The lowest BCUT2D eigenvalue weighted by Gasteiger charge is -2.35. The first-order valence-electron chi connectivity index (χ1n) is 9.90. The van der Waals surface area contributed by atoms with E-state index in [0.29, 0.717) is 26.2 Å². The molecule has 0 amide bonds. The van der Waals surface area contributed by atoms with E-state index in [1.807, 2.05) is 55.5 Å². The van der Waals surface area contributed by atoms with Gasteiger partial charge in [-0.15, -0.1) is 0 Å². The lowest BCUT2D eigenvalue weighted by Crippen LogP contribution is -2.48. The first kappa shape index (κ1) is 20.4. The van der Waals surface area contributed by atoms with Gasteiger partial charge < -0.3 is 9.64 Å². The third-order valence-electron chi connectivity index (χ3n) is 5.29. The monoisotopic (exact) mass is 423 g/mol. The number of aryl methyl sites for hydroxylation is 1. The number of anilines is 1. The maximum atomic E-state index is 12.7. The number of pyridine rings is 1. The second-order valence-corrected chi connectivity index (χ2v) is 9.13. The largest absolute Gasteiger partial charge is 0.497 e. The average molecular weight is 424 g/mol. The SMILES string of the molecule is COc1ccc2nc(C)cc(N3CCN(S(=O)(=O)C=Cc4ccccc4)CC3)c2c1. The Kier molecular flexibility index (Phi) is 5.74. The molecular weight excluding hydrogens is 398 g/mol. The Bertz CT molecular complexity index is 1170. The van der Waals surface area contributed by atoms with E-state index in [1.165, 1.54) is 5.41 Å². The smallest absolute Gasteiger partial charge is 0.236 e. The molecule has 2 aromatic carbocycles. The summed E-state index contributed by atoms with van der Waals surface area (Å²) in [4.78, 5) is 6.84. The number of hydrogen-bond acceptors (Lipinski definition) is 5. The summed E-state index contributed by atoms with van der Waals surface area (Å²) in [5.41, 5.74) is 3.77. The first-order chi connectivity index (χ1) is 14.5. The van der Waals surface area contributed by atoms with Crippen molar-refractivity contribution >= 4 is 32.7 Å². The van der Waals surface area contributed by atoms with Crippen molar-refractivity contribution in [1.29, 1.82) is 0 Å². The third-order valence-corrected chi connectivity index (χ3v) is 6.86. The van der Waals surface area contributed by atoms with Crippen LogP contribution in [-0.4, -0.2) is 51.0 Å². The Morgan fingerprint density at radius 2 is 1.73 bits per heavy atom. The van der Waals surface area contributed by atoms with Crippen LogP contribution in [0.4, 0.5) is 5.69 Å². The molecule has 0 spiro atoms. The van der Waals surface area contributed by atoms with Gasteiger partial charge in [0.2, 0.25) is 10.0 Å². The molecule has 0 radical (unpaired) electrons. The molecule has 2 heterocycles. The van der Waals surface area contributed by atoms with E-state index in [2.05, 4.69) is 16.0 Å². The minimum Gasteiger partial charge on any atom is -0.497 e. The summed E-state index contributed by atoms with van der Waals surface area (Å²) in [7, 11) is -1.81. The van der Waals surface area contributed by atoms with Crippen molar-refractivity contribution in [2.45, 2.75) is 6.92 Å². The Hall–Kier alpha value is -2.90. The van der Waals surface area contributed by atoms with E-state index < -0.39 is 10.0 Å². The predicted molar refractivity (Wildman–Crippen MR) is 121 cm³/mol. The highest BCUT2D eigenvalue weighted by molar-refractivity contribution is 7.92. The van der Waals surface area contributed by atoms with Crippen LogP contribution in [0.2, 0.25) is 0 Å². The van der Waals surface area contributed by atoms with E-state index >= 15 is 0 Å². The minimum atomic E-state index is -3.45. The summed E-state index contributed by atoms with van der Waals surface area (Å²) >= 11 is 0. The molecule has 0 N–H and O–H groups in total. The molecule has 0 aliphatic carbocycles. The van der Waals surface area contributed by atoms with Crippen molar-refractivity contribution in [2.75, 3.05) is 38.2 Å². The van der Waals surface area contributed by atoms with E-state index in [4.69, 9.17) is 4.74 Å². The van der Waals surface area contributed by atoms with Gasteiger partial charge in [0.05, 0.1) is 12.6 Å². The van der Waals surface area contributed by atoms with Crippen LogP contribution in [0.15, 0.2) is 60.0 Å². The topological polar surface area (TPSA) is 62.7 Å². The van der Waals surface area contributed by atoms with Gasteiger partial charge in [-0.1, -0.05) is 30.3 Å². The maximum absolute atomic E-state index is 12.7. The fourth-order valence-electron chi connectivity index (χ4n) is 3.70. The number of fused-ring (bicyclic) bond motifs is 1. The van der Waals surface area contributed by atoms with Crippen molar-refractivity contribution < 1.29 is 13.2 Å². The number of methoxy groups -OCH3 is 1. The summed E-state index contributed by atoms with van der Waals surface area (Å²) in [6.45, 7) is 4.09. The zero-order chi connectivity index (χ0) is 21.1. The molecule has 0 bridgehead atoms. The van der Waals surface area contributed by atoms with Crippen LogP contribution in [0.25, 0.3) is 17.0 Å². The molecule has 1 aliphatic rings. The van der Waals surface area contributed by atoms with Crippen LogP contribution < -0.4 is 9.64 Å². The standard InChI is InChI=1S/C23H25N3O3S/c1-18-16-23(21-17-20(29-2)8-9-22(21)24-18)25-11-13-26(14-12-25)30(27,28)15-10-19-6-4-3-5-7-19/h3-10,15-17H,11-14H2,1-2H3. The molecule has 0 unspecified atom stereocenters. The number of sulfonamides is 1. The van der Waals surface area contributed by atoms with Gasteiger partial charge in [0, 0.05) is 48.4 Å². The minimum absolute atomic E-state index is 0.439. The van der Waals surface area contributed by atoms with Crippen molar-refractivity contribution in [3.8, 4) is 5.75 Å². The fourth-order valence-corrected chi connectivity index (χ4v) is 4.88. The molecule has 1 saturated heterocycles. The molecule has 0 atom stereocenters. The normalized spacial score (nSPS) is 15.7. The molecule has 4 rings (SSSR count). The number of rotatable bonds is 5. The summed E-state index contributed by atoms with van der Waals surface area (Å²) in [6, 6.07) is 17.4. The molecule has 1 aromatic heterocycles. The molecular formula is C23H25N3O3S. The van der Waals surface area contributed by atoms with Crippen LogP contribution in [0.3, 0.4) is 0 Å². The molecule has 1 aliphatic heterocycles. The number of aromatic nitrogens is 1. The van der Waals surface area contributed by atoms with Gasteiger partial charge >= 0.3 is 0 Å². The van der Waals surface area contributed by atoms with Crippen LogP contribution >= 0.6 is 0 Å². The van der Waals surface area contributed by atoms with E-state index in [9.17, 15) is 8.42 Å². The Morgan fingerprint density at radius 1 is 1.00 bits per heavy atom. The van der Waals surface area contributed by atoms with Crippen molar-refractivity contribution in [3.05, 3.63) is 71.3 Å². The van der Waals surface area contributed by atoms with E-state index in [0.717, 1.165) is 33.6 Å². The lowest BCUT2D eigenvalue weighted by atomic mass is 10.1. The fraction of sp³-hybridized carbons (Fsp3) is 0.261. The summed E-state index contributed by atoms with van der Waals surface area (Å²) in [5, 5.41) is 2.31. The number of benzene rings is 2. The number of ether oxygens (including phenoxy) is 1. The zero-order valence-corrected chi connectivity index (χ0v) is 18.0. The lowest BCUT2D eigenvalue weighted by molar-refractivity contribution is 0.390. The van der Waals surface area contributed by atoms with Gasteiger partial charge in [0.15, 0.2) is 0 Å². The van der Waals surface area contributed by atoms with Crippen molar-refractivity contribution in [2.24, 2.45) is 0 Å². The van der Waals surface area contributed by atoms with E-state index in [-0.39, 0.29) is 0 Å². The van der Waals surface area contributed by atoms with Crippen molar-refractivity contribution in [1.82, 2.24) is 9.29 Å². The van der Waals surface area contributed by atoms with Gasteiger partial charge in [0.1, 0.15) is 5.75 Å². The molecule has 0 saturated carbocycles. The van der Waals surface area contributed by atoms with Crippen molar-refractivity contribution in [3.63, 3.8) is 0 Å². The molecule has 7 heteroatoms. The molecule has 6 nitrogen and oxygen atoms in total. The third kappa shape index (κ3) is 4.32. The zero-order valence-electron chi connectivity index (χ0n) is 17.2. The highest BCUT2D eigenvalue weighted by Crippen LogP contribution is 2.31. The summed E-state index contributed by atoms with van der Waals surface area (Å²) in [5.74, 6) is 0.779. The Morgan fingerprint density at radius 3 is 2.43 bits per heavy atom. The quantitative estimate of drug-likeness (QED) is 0.627. The van der Waals surface area contributed by atoms with E-state index in [1.54, 1.807) is 17.5 Å². The number of piperazine rings is 1. The second-order valence-electron chi connectivity index (χ2n) is 7.31. The molecule has 30 heavy (non-hydrogen) atoms. The van der Waals surface area contributed by atoms with Crippen LogP contribution in [0, 0.1) is 6.92 Å². The van der Waals surface area contributed by atoms with Crippen LogP contribution in [-0.2, 0) is 10.0 Å². The van der Waals surface area contributed by atoms with Gasteiger partial charge in [-0.25, -0.2) is 8.42 Å². The molecule has 156 valence electrons. The summed E-state index contributed by atoms with van der Waals surface area (Å²) in [6.07, 6.45) is 1.65. The van der Waals surface area contributed by atoms with Gasteiger partial charge in [-0.3, -0.25) is 4.98 Å². The number of nitrogens with zero attached hydrogens (tertiary/aromatic N) is 3. The molecule has 3 aromatic rings. The van der Waals surface area contributed by atoms with Crippen LogP contribution in [0.1, 0.15) is 11.3 Å². The highest BCUT2D eigenvalue weighted by Gasteiger charge is 2.26. The first-order valence-corrected chi connectivity index (χ1v) is 11.4. The van der Waals surface area contributed by atoms with Gasteiger partial charge in [-0.05, 0) is 42.8 Å². The Labute approximate surface area is 177 Å². The second kappa shape index (κ2) is 8.45. The van der Waals surface area contributed by atoms with Gasteiger partial charge in [-0.2, -0.15) is 4.31 Å². The summed E-state index contributed by atoms with van der Waals surface area (Å²) < 4.78 is 32.4. The number of hydrogen-bond donors (Lipinski definition) is 0. The van der Waals surface area contributed by atoms with Gasteiger partial charge in [0.25, 0.3) is 0 Å². The molecule has 1 fully saturated rings.